The fourth-order valence-electron chi connectivity index (χ4n) is 2.95. The number of hydrogen-bond acceptors (Lipinski definition) is 0. The van der Waals surface area contributed by atoms with Gasteiger partial charge < -0.3 is 0 Å². The van der Waals surface area contributed by atoms with Crippen LogP contribution in [-0.2, 0) is 0 Å². The Morgan fingerprint density at radius 3 is 1.23 bits per heavy atom. The van der Waals surface area contributed by atoms with Crippen LogP contribution in [0.25, 0.3) is 0 Å². The molecular formula is C24H38B2. The number of rotatable bonds is 6. The van der Waals surface area contributed by atoms with Gasteiger partial charge in [-0.3, -0.25) is 0 Å². The van der Waals surface area contributed by atoms with E-state index < -0.39 is 0 Å². The first-order valence-corrected chi connectivity index (χ1v) is 10.3. The van der Waals surface area contributed by atoms with Gasteiger partial charge in [0.2, 0.25) is 0 Å². The molecule has 26 heavy (non-hydrogen) atoms. The summed E-state index contributed by atoms with van der Waals surface area (Å²) in [4.78, 5) is 0. The first-order chi connectivity index (χ1) is 12.2. The molecule has 140 valence electrons. The molecule has 2 aromatic carbocycles. The van der Waals surface area contributed by atoms with Crippen molar-refractivity contribution in [1.29, 1.82) is 0 Å². The zero-order valence-electron chi connectivity index (χ0n) is 18.3. The predicted octanol–water partition coefficient (Wildman–Crippen LogP) is 5.04. The van der Waals surface area contributed by atoms with Crippen molar-refractivity contribution in [2.24, 2.45) is 11.8 Å². The normalized spacial score (nSPS) is 13.0. The second-order valence-electron chi connectivity index (χ2n) is 8.71. The van der Waals surface area contributed by atoms with E-state index in [1.807, 2.05) is 0 Å². The Hall–Kier alpha value is -1.43. The van der Waals surface area contributed by atoms with E-state index in [2.05, 4.69) is 104 Å². The average Bonchev–Trinajstić information content (AvgIpc) is 2.59. The van der Waals surface area contributed by atoms with Gasteiger partial charge in [0.15, 0.2) is 7.28 Å². The largest absolute Gasteiger partial charge is 0.192 e. The molecule has 0 spiro atoms. The highest BCUT2D eigenvalue weighted by molar-refractivity contribution is 6.68. The lowest BCUT2D eigenvalue weighted by molar-refractivity contribution is 0.575. The summed E-state index contributed by atoms with van der Waals surface area (Å²) in [7, 11) is 2.43. The molecule has 0 N–H and O–H groups in total. The van der Waals surface area contributed by atoms with E-state index in [1.165, 1.54) is 29.3 Å². The monoisotopic (exact) mass is 348 g/mol. The van der Waals surface area contributed by atoms with Crippen LogP contribution in [0.15, 0.2) is 48.5 Å². The maximum Gasteiger partial charge on any atom is 0.192 e. The quantitative estimate of drug-likeness (QED) is 0.642. The number of benzene rings is 2. The zero-order chi connectivity index (χ0) is 19.7. The molecule has 0 amide bonds. The number of hydrogen-bond donors (Lipinski definition) is 0. The molecule has 0 saturated heterocycles. The van der Waals surface area contributed by atoms with E-state index in [0.717, 1.165) is 30.7 Å². The molecule has 0 saturated carbocycles. The van der Waals surface area contributed by atoms with Crippen molar-refractivity contribution in [1.82, 2.24) is 0 Å². The molecule has 0 aliphatic rings. The SMILES string of the molecule is CC(C)C(C)BC(C)C(C)C.Cc1ccccc1Bc1ccccc1C. The zero-order valence-corrected chi connectivity index (χ0v) is 18.3. The average molecular weight is 348 g/mol. The molecule has 0 radical (unpaired) electrons. The van der Waals surface area contributed by atoms with Crippen molar-refractivity contribution in [2.45, 2.75) is 67.0 Å². The van der Waals surface area contributed by atoms with Crippen LogP contribution in [0.5, 0.6) is 0 Å². The van der Waals surface area contributed by atoms with Gasteiger partial charge >= 0.3 is 0 Å². The van der Waals surface area contributed by atoms with Gasteiger partial charge in [-0.05, 0) is 13.8 Å². The third kappa shape index (κ3) is 7.85. The lowest BCUT2D eigenvalue weighted by Crippen LogP contribution is -2.30. The van der Waals surface area contributed by atoms with E-state index in [4.69, 9.17) is 0 Å². The summed E-state index contributed by atoms with van der Waals surface area (Å²) in [6.07, 6.45) is 0. The fourth-order valence-corrected chi connectivity index (χ4v) is 2.95. The first kappa shape index (κ1) is 22.6. The van der Waals surface area contributed by atoms with E-state index in [-0.39, 0.29) is 0 Å². The molecule has 2 heteroatoms. The highest BCUT2D eigenvalue weighted by Crippen LogP contribution is 2.24. The Labute approximate surface area is 164 Å². The van der Waals surface area contributed by atoms with Gasteiger partial charge in [-0.25, -0.2) is 0 Å². The van der Waals surface area contributed by atoms with Gasteiger partial charge in [-0.15, -0.1) is 0 Å². The molecule has 0 fully saturated rings. The van der Waals surface area contributed by atoms with Crippen LogP contribution >= 0.6 is 0 Å². The molecule has 2 unspecified atom stereocenters. The van der Waals surface area contributed by atoms with Crippen LogP contribution in [0.4, 0.5) is 0 Å². The van der Waals surface area contributed by atoms with Crippen LogP contribution in [0.2, 0.25) is 11.6 Å². The maximum atomic E-state index is 2.36. The van der Waals surface area contributed by atoms with E-state index >= 15 is 0 Å². The molecule has 2 aromatic rings. The second kappa shape index (κ2) is 11.3. The van der Waals surface area contributed by atoms with Crippen molar-refractivity contribution in [3.8, 4) is 0 Å². The van der Waals surface area contributed by atoms with Gasteiger partial charge in [0, 0.05) is 0 Å². The first-order valence-electron chi connectivity index (χ1n) is 10.3. The van der Waals surface area contributed by atoms with Crippen molar-refractivity contribution in [3.63, 3.8) is 0 Å². The van der Waals surface area contributed by atoms with Gasteiger partial charge in [0.25, 0.3) is 0 Å². The summed E-state index contributed by atoms with van der Waals surface area (Å²) in [6.45, 7) is 18.3. The van der Waals surface area contributed by atoms with E-state index in [0.29, 0.717) is 0 Å². The molecule has 0 bridgehead atoms. The summed E-state index contributed by atoms with van der Waals surface area (Å²) < 4.78 is 0. The molecule has 0 nitrogen and oxygen atoms in total. The standard InChI is InChI=1S/C14H15B.C10H23B/c1-11-7-3-5-9-13(11)15-14-10-6-4-8-12(14)2;1-7(2)9(5)11-10(6)8(3)4/h3-10,15H,1-2H3;7-11H,1-6H3. The van der Waals surface area contributed by atoms with Gasteiger partial charge in [-0.1, -0.05) is 136 Å². The summed E-state index contributed by atoms with van der Waals surface area (Å²) in [5, 5.41) is 0. The van der Waals surface area contributed by atoms with Crippen LogP contribution in [0.3, 0.4) is 0 Å². The third-order valence-corrected chi connectivity index (χ3v) is 5.92. The van der Waals surface area contributed by atoms with Crippen LogP contribution in [0, 0.1) is 25.7 Å². The minimum absolute atomic E-state index is 0.844. The molecule has 2 atom stereocenters. The lowest BCUT2D eigenvalue weighted by Gasteiger charge is -2.21. The Morgan fingerprint density at radius 1 is 0.577 bits per heavy atom. The van der Waals surface area contributed by atoms with Crippen molar-refractivity contribution in [2.75, 3.05) is 0 Å². The minimum atomic E-state index is 0.844. The topological polar surface area (TPSA) is 0 Å². The summed E-state index contributed by atoms with van der Waals surface area (Å²) >= 11 is 0. The molecule has 0 aliphatic heterocycles. The Bertz CT molecular complexity index is 591. The summed E-state index contributed by atoms with van der Waals surface area (Å²) in [5.74, 6) is 3.45. The molecule has 0 heterocycles. The van der Waals surface area contributed by atoms with E-state index in [1.54, 1.807) is 0 Å². The maximum absolute atomic E-state index is 2.36. The molecular weight excluding hydrogens is 310 g/mol. The third-order valence-electron chi connectivity index (χ3n) is 5.92. The number of aryl methyl sites for hydroxylation is 2. The highest BCUT2D eigenvalue weighted by atomic mass is 14.1. The predicted molar refractivity (Wildman–Crippen MR) is 124 cm³/mol. The Balaban J connectivity index is 0.000000276. The van der Waals surface area contributed by atoms with Gasteiger partial charge in [0.1, 0.15) is 7.28 Å². The van der Waals surface area contributed by atoms with Crippen LogP contribution in [0.1, 0.15) is 52.7 Å². The fraction of sp³-hybridized carbons (Fsp3) is 0.500. The van der Waals surface area contributed by atoms with Crippen LogP contribution in [-0.4, -0.2) is 14.6 Å². The lowest BCUT2D eigenvalue weighted by atomic mass is 9.50. The van der Waals surface area contributed by atoms with Gasteiger partial charge in [0.05, 0.1) is 0 Å². The van der Waals surface area contributed by atoms with Crippen molar-refractivity contribution >= 4 is 25.5 Å². The van der Waals surface area contributed by atoms with Gasteiger partial charge in [-0.2, -0.15) is 0 Å². The molecule has 0 aromatic heterocycles. The van der Waals surface area contributed by atoms with Crippen LogP contribution < -0.4 is 10.9 Å². The molecule has 2 rings (SSSR count). The summed E-state index contributed by atoms with van der Waals surface area (Å²) in [5.41, 5.74) is 5.60. The van der Waals surface area contributed by atoms with Crippen molar-refractivity contribution in [3.05, 3.63) is 59.7 Å². The van der Waals surface area contributed by atoms with Crippen molar-refractivity contribution < 1.29 is 0 Å². The second-order valence-corrected chi connectivity index (χ2v) is 8.71. The summed E-state index contributed by atoms with van der Waals surface area (Å²) in [6, 6.07) is 17.2. The molecule has 0 aliphatic carbocycles. The minimum Gasteiger partial charge on any atom is -0.0757 e. The highest BCUT2D eigenvalue weighted by Gasteiger charge is 2.15. The Kier molecular flexibility index (Phi) is 9.84. The Morgan fingerprint density at radius 2 is 0.923 bits per heavy atom. The van der Waals surface area contributed by atoms with E-state index in [9.17, 15) is 0 Å². The smallest absolute Gasteiger partial charge is 0.0757 e.